The minimum Gasteiger partial charge on any atom is -0.477 e. The van der Waals surface area contributed by atoms with Crippen LogP contribution in [0.25, 0.3) is 22.3 Å². The van der Waals surface area contributed by atoms with E-state index < -0.39 is 0 Å². The lowest BCUT2D eigenvalue weighted by Crippen LogP contribution is -2.27. The Hall–Kier alpha value is -3.42. The summed E-state index contributed by atoms with van der Waals surface area (Å²) in [6.07, 6.45) is 3.69. The number of nitrogens with one attached hydrogen (secondary N) is 3. The molecule has 32 heavy (non-hydrogen) atoms. The van der Waals surface area contributed by atoms with Gasteiger partial charge in [-0.2, -0.15) is 0 Å². The zero-order valence-corrected chi connectivity index (χ0v) is 19.8. The number of likely N-dealkylation sites (N-methyl/N-ethyl adjacent to an activating group) is 1. The van der Waals surface area contributed by atoms with E-state index in [1.165, 1.54) is 11.3 Å². The highest BCUT2D eigenvalue weighted by atomic mass is 16.5. The van der Waals surface area contributed by atoms with E-state index in [0.717, 1.165) is 40.7 Å². The largest absolute Gasteiger partial charge is 0.477 e. The molecule has 3 aromatic rings. The zero-order valence-electron chi connectivity index (χ0n) is 19.8. The van der Waals surface area contributed by atoms with Crippen LogP contribution in [-0.4, -0.2) is 46.9 Å². The topological polar surface area (TPSA) is 100 Å². The molecule has 0 saturated carbocycles. The number of aryl methyl sites for hydroxylation is 1. The average molecular weight is 436 g/mol. The molecule has 3 heterocycles. The molecule has 0 aliphatic rings. The highest BCUT2D eigenvalue weighted by molar-refractivity contribution is 5.98. The Morgan fingerprint density at radius 3 is 2.75 bits per heavy atom. The van der Waals surface area contributed by atoms with E-state index in [1.807, 2.05) is 19.1 Å². The predicted octanol–water partition coefficient (Wildman–Crippen LogP) is 4.59. The van der Waals surface area contributed by atoms with Crippen LogP contribution in [0.4, 0.5) is 5.69 Å². The summed E-state index contributed by atoms with van der Waals surface area (Å²) >= 11 is 0. The normalized spacial score (nSPS) is 11.8. The Bertz CT molecular complexity index is 1130. The van der Waals surface area contributed by atoms with Crippen LogP contribution < -0.4 is 15.4 Å². The number of hydrogen-bond donors (Lipinski definition) is 3. The van der Waals surface area contributed by atoms with Crippen LogP contribution in [0.5, 0.6) is 5.88 Å². The maximum absolute atomic E-state index is 7.29. The van der Waals surface area contributed by atoms with Crippen LogP contribution in [0, 0.1) is 12.3 Å². The standard InChI is InChI=1S/C24H33N7O/c1-7-20-16(5)22-23(31(20)15(3)4)19(28-13-21(26-6)29-14-25)12-18(30-22)17-10-9-11-27-24(17)32-8-2/h9-12,14-15H,7-8,13H2,1-6H3,(H,28,30)(H2,25,26,29). The molecular formula is C24H33N7O. The van der Waals surface area contributed by atoms with Gasteiger partial charge in [-0.1, -0.05) is 6.92 Å². The first kappa shape index (κ1) is 23.2. The molecule has 0 amide bonds. The van der Waals surface area contributed by atoms with Gasteiger partial charge in [0.15, 0.2) is 0 Å². The summed E-state index contributed by atoms with van der Waals surface area (Å²) in [4.78, 5) is 13.6. The summed E-state index contributed by atoms with van der Waals surface area (Å²) in [6, 6.07) is 6.22. The number of nitrogens with zero attached hydrogens (tertiary/aromatic N) is 4. The van der Waals surface area contributed by atoms with Gasteiger partial charge in [0.2, 0.25) is 5.88 Å². The number of fused-ring (bicyclic) bond motifs is 1. The molecule has 8 nitrogen and oxygen atoms in total. The van der Waals surface area contributed by atoms with Crippen molar-refractivity contribution in [1.29, 1.82) is 5.41 Å². The van der Waals surface area contributed by atoms with Crippen molar-refractivity contribution in [3.8, 4) is 17.1 Å². The van der Waals surface area contributed by atoms with E-state index in [4.69, 9.17) is 15.1 Å². The smallest absolute Gasteiger partial charge is 0.222 e. The second-order valence-corrected chi connectivity index (χ2v) is 7.74. The number of aliphatic imine (C=N–C) groups is 1. The third-order valence-corrected chi connectivity index (χ3v) is 5.45. The molecule has 3 N–H and O–H groups in total. The van der Waals surface area contributed by atoms with Crippen molar-refractivity contribution >= 4 is 28.9 Å². The van der Waals surface area contributed by atoms with E-state index in [-0.39, 0.29) is 6.04 Å². The lowest BCUT2D eigenvalue weighted by molar-refractivity contribution is 0.328. The molecule has 0 aliphatic carbocycles. The summed E-state index contributed by atoms with van der Waals surface area (Å²) in [6.45, 7) is 11.6. The molecule has 3 rings (SSSR count). The predicted molar refractivity (Wildman–Crippen MR) is 132 cm³/mol. The number of ether oxygens (including phenoxy) is 1. The van der Waals surface area contributed by atoms with Crippen LogP contribution in [0.2, 0.25) is 0 Å². The van der Waals surface area contributed by atoms with Crippen molar-refractivity contribution in [2.75, 3.05) is 25.5 Å². The second-order valence-electron chi connectivity index (χ2n) is 7.74. The molecule has 0 radical (unpaired) electrons. The number of amidine groups is 1. The van der Waals surface area contributed by atoms with Crippen molar-refractivity contribution < 1.29 is 4.74 Å². The maximum Gasteiger partial charge on any atom is 0.222 e. The molecule has 0 atom stereocenters. The van der Waals surface area contributed by atoms with Gasteiger partial charge in [0.1, 0.15) is 12.2 Å². The van der Waals surface area contributed by atoms with E-state index >= 15 is 0 Å². The van der Waals surface area contributed by atoms with E-state index in [0.29, 0.717) is 24.9 Å². The highest BCUT2D eigenvalue weighted by Crippen LogP contribution is 2.37. The fourth-order valence-electron chi connectivity index (χ4n) is 4.07. The third kappa shape index (κ3) is 4.44. The van der Waals surface area contributed by atoms with E-state index in [1.54, 1.807) is 13.2 Å². The monoisotopic (exact) mass is 435 g/mol. The summed E-state index contributed by atoms with van der Waals surface area (Å²) < 4.78 is 8.14. The van der Waals surface area contributed by atoms with Crippen LogP contribution in [0.3, 0.4) is 0 Å². The van der Waals surface area contributed by atoms with Crippen molar-refractivity contribution in [1.82, 2.24) is 19.9 Å². The Morgan fingerprint density at radius 2 is 2.12 bits per heavy atom. The summed E-state index contributed by atoms with van der Waals surface area (Å²) in [5.74, 6) is 1.25. The van der Waals surface area contributed by atoms with Gasteiger partial charge < -0.3 is 19.9 Å². The van der Waals surface area contributed by atoms with Crippen LogP contribution in [-0.2, 0) is 6.42 Å². The third-order valence-electron chi connectivity index (χ3n) is 5.45. The first-order chi connectivity index (χ1) is 15.5. The zero-order chi connectivity index (χ0) is 23.3. The second kappa shape index (κ2) is 10.3. The summed E-state index contributed by atoms with van der Waals surface area (Å²) in [5, 5.41) is 13.9. The SMILES string of the molecule is CCOc1ncccc1-c1cc(NC/C(=N/C=N)NC)c2c(n1)c(C)c(CC)n2C(C)C. The van der Waals surface area contributed by atoms with Crippen molar-refractivity contribution in [2.45, 2.75) is 47.1 Å². The molecule has 0 saturated heterocycles. The number of rotatable bonds is 9. The van der Waals surface area contributed by atoms with Crippen molar-refractivity contribution in [3.63, 3.8) is 0 Å². The van der Waals surface area contributed by atoms with Crippen molar-refractivity contribution in [2.24, 2.45) is 4.99 Å². The van der Waals surface area contributed by atoms with Gasteiger partial charge in [-0.3, -0.25) is 5.41 Å². The summed E-state index contributed by atoms with van der Waals surface area (Å²) in [7, 11) is 1.80. The van der Waals surface area contributed by atoms with E-state index in [2.05, 4.69) is 58.9 Å². The van der Waals surface area contributed by atoms with Gasteiger partial charge in [0, 0.05) is 25.0 Å². The maximum atomic E-state index is 7.29. The average Bonchev–Trinajstić information content (AvgIpc) is 3.09. The minimum atomic E-state index is 0.283. The van der Waals surface area contributed by atoms with Crippen molar-refractivity contribution in [3.05, 3.63) is 35.7 Å². The fraction of sp³-hybridized carbons (Fsp3) is 0.417. The first-order valence-electron chi connectivity index (χ1n) is 11.1. The Morgan fingerprint density at radius 1 is 1.34 bits per heavy atom. The molecule has 0 unspecified atom stereocenters. The quantitative estimate of drug-likeness (QED) is 0.337. The fourth-order valence-corrected chi connectivity index (χ4v) is 4.07. The number of anilines is 1. The Labute approximate surface area is 189 Å². The Balaban J connectivity index is 2.27. The van der Waals surface area contributed by atoms with Gasteiger partial charge in [0.05, 0.1) is 41.1 Å². The minimum absolute atomic E-state index is 0.283. The van der Waals surface area contributed by atoms with Crippen LogP contribution in [0.15, 0.2) is 29.4 Å². The summed E-state index contributed by atoms with van der Waals surface area (Å²) in [5.41, 5.74) is 7.13. The lowest BCUT2D eigenvalue weighted by Gasteiger charge is -2.18. The van der Waals surface area contributed by atoms with Crippen LogP contribution in [0.1, 0.15) is 45.0 Å². The van der Waals surface area contributed by atoms with Gasteiger partial charge >= 0.3 is 0 Å². The molecule has 0 spiro atoms. The van der Waals surface area contributed by atoms with Gasteiger partial charge in [-0.05, 0) is 57.9 Å². The van der Waals surface area contributed by atoms with E-state index in [9.17, 15) is 0 Å². The molecule has 0 fully saturated rings. The molecule has 0 bridgehead atoms. The van der Waals surface area contributed by atoms with Crippen LogP contribution >= 0.6 is 0 Å². The van der Waals surface area contributed by atoms with Gasteiger partial charge in [-0.15, -0.1) is 0 Å². The number of hydrogen-bond acceptors (Lipinski definition) is 5. The first-order valence-corrected chi connectivity index (χ1v) is 11.1. The molecule has 8 heteroatoms. The Kier molecular flexibility index (Phi) is 7.45. The van der Waals surface area contributed by atoms with Gasteiger partial charge in [0.25, 0.3) is 0 Å². The molecule has 0 aliphatic heterocycles. The molecule has 3 aromatic heterocycles. The highest BCUT2D eigenvalue weighted by Gasteiger charge is 2.22. The molecule has 170 valence electrons. The number of aromatic nitrogens is 3. The molecular weight excluding hydrogens is 402 g/mol. The van der Waals surface area contributed by atoms with Gasteiger partial charge in [-0.25, -0.2) is 15.0 Å². The number of pyridine rings is 2. The lowest BCUT2D eigenvalue weighted by atomic mass is 10.1. The molecule has 0 aromatic carbocycles.